The van der Waals surface area contributed by atoms with Gasteiger partial charge in [0.15, 0.2) is 0 Å². The third kappa shape index (κ3) is 10.1. The molecular formula is C16H26O6. The van der Waals surface area contributed by atoms with E-state index in [0.717, 1.165) is 0 Å². The number of hydrogen-bond acceptors (Lipinski definition) is 6. The second-order valence-electron chi connectivity index (χ2n) is 5.98. The largest absolute Gasteiger partial charge is 0.460 e. The average Bonchev–Trinajstić information content (AvgIpc) is 2.43. The fraction of sp³-hybridized carbons (Fsp3) is 0.750. The van der Waals surface area contributed by atoms with Crippen LogP contribution in [0.3, 0.4) is 0 Å². The summed E-state index contributed by atoms with van der Waals surface area (Å²) in [6.07, 6.45) is 0.664. The SMILES string of the molecule is CC(C)CCOC(=O)C(=O)CCC(=O)C(=O)OCCC(C)C. The summed E-state index contributed by atoms with van der Waals surface area (Å²) in [4.78, 5) is 45.6. The third-order valence-corrected chi connectivity index (χ3v) is 2.89. The number of rotatable bonds is 11. The molecule has 0 spiro atoms. The van der Waals surface area contributed by atoms with Crippen LogP contribution in [0, 0.1) is 11.8 Å². The molecule has 0 rings (SSSR count). The average molecular weight is 314 g/mol. The summed E-state index contributed by atoms with van der Waals surface area (Å²) in [5, 5.41) is 0. The van der Waals surface area contributed by atoms with Gasteiger partial charge in [-0.15, -0.1) is 0 Å². The molecule has 6 nitrogen and oxygen atoms in total. The highest BCUT2D eigenvalue weighted by atomic mass is 16.5. The lowest BCUT2D eigenvalue weighted by molar-refractivity contribution is -0.156. The fourth-order valence-electron chi connectivity index (χ4n) is 1.37. The van der Waals surface area contributed by atoms with Crippen molar-refractivity contribution in [3.05, 3.63) is 0 Å². The quantitative estimate of drug-likeness (QED) is 0.429. The monoisotopic (exact) mass is 314 g/mol. The van der Waals surface area contributed by atoms with Gasteiger partial charge in [-0.25, -0.2) is 9.59 Å². The fourth-order valence-corrected chi connectivity index (χ4v) is 1.37. The van der Waals surface area contributed by atoms with Crippen LogP contribution in [0.15, 0.2) is 0 Å². The van der Waals surface area contributed by atoms with Crippen LogP contribution in [-0.4, -0.2) is 36.7 Å². The van der Waals surface area contributed by atoms with Crippen LogP contribution in [0.2, 0.25) is 0 Å². The van der Waals surface area contributed by atoms with Crippen molar-refractivity contribution in [2.24, 2.45) is 11.8 Å². The highest BCUT2D eigenvalue weighted by molar-refractivity contribution is 6.37. The summed E-state index contributed by atoms with van der Waals surface area (Å²) in [5.74, 6) is -2.78. The van der Waals surface area contributed by atoms with Crippen LogP contribution in [0.25, 0.3) is 0 Å². The lowest BCUT2D eigenvalue weighted by Gasteiger charge is -2.07. The number of esters is 2. The Morgan fingerprint density at radius 2 is 1.00 bits per heavy atom. The van der Waals surface area contributed by atoms with E-state index in [1.54, 1.807) is 0 Å². The molecule has 0 aromatic rings. The van der Waals surface area contributed by atoms with E-state index in [1.165, 1.54) is 0 Å². The van der Waals surface area contributed by atoms with Gasteiger partial charge in [0, 0.05) is 12.8 Å². The second-order valence-corrected chi connectivity index (χ2v) is 5.98. The van der Waals surface area contributed by atoms with Crippen molar-refractivity contribution >= 4 is 23.5 Å². The van der Waals surface area contributed by atoms with Crippen LogP contribution in [0.5, 0.6) is 0 Å². The van der Waals surface area contributed by atoms with Crippen LogP contribution < -0.4 is 0 Å². The van der Waals surface area contributed by atoms with E-state index in [9.17, 15) is 19.2 Å². The van der Waals surface area contributed by atoms with Gasteiger partial charge in [-0.05, 0) is 24.7 Å². The second kappa shape index (κ2) is 10.9. The maximum atomic E-state index is 11.5. The van der Waals surface area contributed by atoms with Crippen molar-refractivity contribution in [1.29, 1.82) is 0 Å². The van der Waals surface area contributed by atoms with E-state index in [2.05, 4.69) is 0 Å². The van der Waals surface area contributed by atoms with Crippen LogP contribution in [-0.2, 0) is 28.7 Å². The number of ketones is 2. The van der Waals surface area contributed by atoms with Crippen molar-refractivity contribution in [3.8, 4) is 0 Å². The lowest BCUT2D eigenvalue weighted by Crippen LogP contribution is -2.23. The zero-order chi connectivity index (χ0) is 17.1. The molecule has 0 bridgehead atoms. The van der Waals surface area contributed by atoms with Crippen LogP contribution in [0.1, 0.15) is 53.4 Å². The summed E-state index contributed by atoms with van der Waals surface area (Å²) >= 11 is 0. The summed E-state index contributed by atoms with van der Waals surface area (Å²) in [5.41, 5.74) is 0. The van der Waals surface area contributed by atoms with E-state index in [0.29, 0.717) is 24.7 Å². The highest BCUT2D eigenvalue weighted by Gasteiger charge is 2.21. The number of hydrogen-bond donors (Lipinski definition) is 0. The molecule has 0 saturated carbocycles. The molecule has 0 aliphatic rings. The van der Waals surface area contributed by atoms with Gasteiger partial charge in [0.25, 0.3) is 0 Å². The van der Waals surface area contributed by atoms with Crippen molar-refractivity contribution in [2.45, 2.75) is 53.4 Å². The summed E-state index contributed by atoms with van der Waals surface area (Å²) < 4.78 is 9.57. The highest BCUT2D eigenvalue weighted by Crippen LogP contribution is 2.03. The molecule has 0 amide bonds. The molecule has 6 heteroatoms. The van der Waals surface area contributed by atoms with Gasteiger partial charge in [0.1, 0.15) is 0 Å². The number of Topliss-reactive ketones (excluding diaryl/α,β-unsaturated/α-hetero) is 2. The summed E-state index contributed by atoms with van der Waals surface area (Å²) in [6, 6.07) is 0. The minimum absolute atomic E-state index is 0.174. The van der Waals surface area contributed by atoms with Gasteiger partial charge < -0.3 is 9.47 Å². The molecule has 0 heterocycles. The van der Waals surface area contributed by atoms with Gasteiger partial charge in [0.2, 0.25) is 11.6 Å². The molecule has 0 N–H and O–H groups in total. The van der Waals surface area contributed by atoms with E-state index in [1.807, 2.05) is 27.7 Å². The maximum Gasteiger partial charge on any atom is 0.374 e. The zero-order valence-corrected chi connectivity index (χ0v) is 13.8. The number of carbonyl (C=O) groups excluding carboxylic acids is 4. The molecule has 0 aromatic heterocycles. The third-order valence-electron chi connectivity index (χ3n) is 2.89. The lowest BCUT2D eigenvalue weighted by atomic mass is 10.1. The molecule has 126 valence electrons. The summed E-state index contributed by atoms with van der Waals surface area (Å²) in [6.45, 7) is 8.23. The molecule has 22 heavy (non-hydrogen) atoms. The number of carbonyl (C=O) groups is 4. The Morgan fingerprint density at radius 1 is 0.682 bits per heavy atom. The Labute approximate surface area is 131 Å². The predicted molar refractivity (Wildman–Crippen MR) is 80.1 cm³/mol. The van der Waals surface area contributed by atoms with E-state index in [4.69, 9.17) is 9.47 Å². The molecule has 0 fully saturated rings. The topological polar surface area (TPSA) is 86.7 Å². The van der Waals surface area contributed by atoms with E-state index in [-0.39, 0.29) is 26.1 Å². The van der Waals surface area contributed by atoms with Crippen LogP contribution >= 0.6 is 0 Å². The Morgan fingerprint density at radius 3 is 1.27 bits per heavy atom. The van der Waals surface area contributed by atoms with Gasteiger partial charge in [-0.3, -0.25) is 9.59 Å². The minimum Gasteiger partial charge on any atom is -0.460 e. The molecule has 0 radical (unpaired) electrons. The van der Waals surface area contributed by atoms with Crippen molar-refractivity contribution in [3.63, 3.8) is 0 Å². The molecule has 0 saturated heterocycles. The van der Waals surface area contributed by atoms with E-state index >= 15 is 0 Å². The first-order chi connectivity index (χ1) is 10.2. The first kappa shape index (κ1) is 20.3. The first-order valence-corrected chi connectivity index (χ1v) is 7.64. The zero-order valence-electron chi connectivity index (χ0n) is 13.8. The van der Waals surface area contributed by atoms with Crippen LogP contribution in [0.4, 0.5) is 0 Å². The summed E-state index contributed by atoms with van der Waals surface area (Å²) in [7, 11) is 0. The standard InChI is InChI=1S/C16H26O6/c1-11(2)7-9-21-15(19)13(17)5-6-14(18)16(20)22-10-8-12(3)4/h11-12H,5-10H2,1-4H3. The molecule has 0 atom stereocenters. The first-order valence-electron chi connectivity index (χ1n) is 7.64. The Hall–Kier alpha value is -1.72. The molecule has 0 aromatic carbocycles. The number of ether oxygens (including phenoxy) is 2. The van der Waals surface area contributed by atoms with Gasteiger partial charge in [0.05, 0.1) is 13.2 Å². The normalized spacial score (nSPS) is 10.6. The van der Waals surface area contributed by atoms with Crippen molar-refractivity contribution in [1.82, 2.24) is 0 Å². The van der Waals surface area contributed by atoms with Gasteiger partial charge >= 0.3 is 11.9 Å². The minimum atomic E-state index is -0.957. The van der Waals surface area contributed by atoms with E-state index < -0.39 is 23.5 Å². The van der Waals surface area contributed by atoms with Gasteiger partial charge in [-0.2, -0.15) is 0 Å². The van der Waals surface area contributed by atoms with Crippen molar-refractivity contribution in [2.75, 3.05) is 13.2 Å². The molecule has 0 aliphatic carbocycles. The predicted octanol–water partition coefficient (Wildman–Crippen LogP) is 2.08. The smallest absolute Gasteiger partial charge is 0.374 e. The Bertz CT molecular complexity index is 359. The molecule has 0 unspecified atom stereocenters. The molecular weight excluding hydrogens is 288 g/mol. The maximum absolute atomic E-state index is 11.5. The van der Waals surface area contributed by atoms with Gasteiger partial charge in [-0.1, -0.05) is 27.7 Å². The Balaban J connectivity index is 3.95. The van der Waals surface area contributed by atoms with Crippen molar-refractivity contribution < 1.29 is 28.7 Å². The Kier molecular flexibility index (Phi) is 10.1. The molecule has 0 aliphatic heterocycles.